The van der Waals surface area contributed by atoms with Crippen LogP contribution in [-0.4, -0.2) is 11.5 Å². The molecule has 1 unspecified atom stereocenters. The van der Waals surface area contributed by atoms with Gasteiger partial charge >= 0.3 is 0 Å². The molecule has 1 saturated carbocycles. The maximum atomic E-state index is 4.16. The number of nitrogens with zero attached hydrogens (tertiary/aromatic N) is 1. The van der Waals surface area contributed by atoms with Crippen LogP contribution in [0.4, 0.5) is 0 Å². The molecule has 2 heteroatoms. The van der Waals surface area contributed by atoms with Gasteiger partial charge in [0.2, 0.25) is 0 Å². The summed E-state index contributed by atoms with van der Waals surface area (Å²) in [7, 11) is 0. The summed E-state index contributed by atoms with van der Waals surface area (Å²) in [4.78, 5) is 4.16. The van der Waals surface area contributed by atoms with Crippen molar-refractivity contribution in [2.45, 2.75) is 25.3 Å². The second-order valence-corrected chi connectivity index (χ2v) is 5.29. The zero-order valence-corrected chi connectivity index (χ0v) is 11.1. The Hall–Kier alpha value is -1.67. The van der Waals surface area contributed by atoms with Gasteiger partial charge in [0.05, 0.1) is 0 Å². The van der Waals surface area contributed by atoms with Crippen molar-refractivity contribution in [2.75, 3.05) is 6.54 Å². The Morgan fingerprint density at radius 1 is 1.11 bits per heavy atom. The molecule has 0 spiro atoms. The zero-order valence-electron chi connectivity index (χ0n) is 11.1. The third-order valence-corrected chi connectivity index (χ3v) is 3.75. The molecule has 0 aliphatic heterocycles. The van der Waals surface area contributed by atoms with Crippen molar-refractivity contribution in [3.05, 3.63) is 66.0 Å². The summed E-state index contributed by atoms with van der Waals surface area (Å²) >= 11 is 0. The average Bonchev–Trinajstić information content (AvgIpc) is 3.30. The van der Waals surface area contributed by atoms with Gasteiger partial charge in [-0.2, -0.15) is 0 Å². The molecule has 1 heterocycles. The van der Waals surface area contributed by atoms with Crippen molar-refractivity contribution in [1.82, 2.24) is 10.3 Å². The molecule has 1 aliphatic carbocycles. The Morgan fingerprint density at radius 2 is 1.95 bits per heavy atom. The monoisotopic (exact) mass is 252 g/mol. The van der Waals surface area contributed by atoms with E-state index in [-0.39, 0.29) is 0 Å². The number of hydrogen-bond acceptors (Lipinski definition) is 2. The Labute approximate surface area is 114 Å². The van der Waals surface area contributed by atoms with Crippen molar-refractivity contribution in [1.29, 1.82) is 0 Å². The molecule has 2 nitrogen and oxygen atoms in total. The van der Waals surface area contributed by atoms with Gasteiger partial charge in [-0.1, -0.05) is 36.4 Å². The Bertz CT molecular complexity index is 491. The maximum Gasteiger partial charge on any atom is 0.0348 e. The topological polar surface area (TPSA) is 24.9 Å². The van der Waals surface area contributed by atoms with Gasteiger partial charge in [-0.3, -0.25) is 4.98 Å². The number of hydrogen-bond donors (Lipinski definition) is 1. The quantitative estimate of drug-likeness (QED) is 0.852. The van der Waals surface area contributed by atoms with Gasteiger partial charge in [0, 0.05) is 18.4 Å². The van der Waals surface area contributed by atoms with Gasteiger partial charge < -0.3 is 5.32 Å². The molecule has 0 radical (unpaired) electrons. The van der Waals surface area contributed by atoms with E-state index in [0.29, 0.717) is 6.04 Å². The minimum atomic E-state index is 0.526. The maximum absolute atomic E-state index is 4.16. The number of rotatable bonds is 6. The van der Waals surface area contributed by atoms with E-state index in [9.17, 15) is 0 Å². The minimum absolute atomic E-state index is 0.526. The van der Waals surface area contributed by atoms with Crippen LogP contribution in [0.25, 0.3) is 0 Å². The lowest BCUT2D eigenvalue weighted by molar-refractivity contribution is 0.484. The summed E-state index contributed by atoms with van der Waals surface area (Å²) in [5.74, 6) is 0.830. The van der Waals surface area contributed by atoms with Gasteiger partial charge in [0.15, 0.2) is 0 Å². The van der Waals surface area contributed by atoms with Crippen molar-refractivity contribution in [2.24, 2.45) is 5.92 Å². The first-order chi connectivity index (χ1) is 9.43. The van der Waals surface area contributed by atoms with Crippen LogP contribution in [0.5, 0.6) is 0 Å². The second kappa shape index (κ2) is 5.98. The number of pyridine rings is 1. The molecule has 98 valence electrons. The Kier molecular flexibility index (Phi) is 3.89. The molecule has 2 aromatic rings. The zero-order chi connectivity index (χ0) is 12.9. The van der Waals surface area contributed by atoms with Crippen LogP contribution < -0.4 is 5.32 Å². The molecule has 0 bridgehead atoms. The minimum Gasteiger partial charge on any atom is -0.309 e. The Morgan fingerprint density at radius 3 is 2.63 bits per heavy atom. The van der Waals surface area contributed by atoms with E-state index in [2.05, 4.69) is 46.7 Å². The molecule has 0 amide bonds. The lowest BCUT2D eigenvalue weighted by atomic mass is 10.0. The van der Waals surface area contributed by atoms with Crippen molar-refractivity contribution in [3.63, 3.8) is 0 Å². The van der Waals surface area contributed by atoms with E-state index in [1.54, 1.807) is 0 Å². The molecule has 1 atom stereocenters. The van der Waals surface area contributed by atoms with Crippen molar-refractivity contribution in [3.8, 4) is 0 Å². The third kappa shape index (κ3) is 3.42. The smallest absolute Gasteiger partial charge is 0.0348 e. The lowest BCUT2D eigenvalue weighted by Crippen LogP contribution is -2.25. The second-order valence-electron chi connectivity index (χ2n) is 5.29. The first-order valence-electron chi connectivity index (χ1n) is 7.11. The number of benzene rings is 1. The Balaban J connectivity index is 1.57. The van der Waals surface area contributed by atoms with Gasteiger partial charge in [0.1, 0.15) is 0 Å². The van der Waals surface area contributed by atoms with Gasteiger partial charge in [-0.05, 0) is 48.9 Å². The molecule has 3 rings (SSSR count). The molecular formula is C17H20N2. The van der Waals surface area contributed by atoms with Crippen molar-refractivity contribution >= 4 is 0 Å². The van der Waals surface area contributed by atoms with E-state index in [4.69, 9.17) is 0 Å². The van der Waals surface area contributed by atoms with E-state index in [1.807, 2.05) is 18.5 Å². The molecule has 1 aliphatic rings. The van der Waals surface area contributed by atoms with Crippen LogP contribution in [0, 0.1) is 5.92 Å². The van der Waals surface area contributed by atoms with Crippen LogP contribution >= 0.6 is 0 Å². The number of nitrogens with one attached hydrogen (secondary N) is 1. The van der Waals surface area contributed by atoms with Crippen LogP contribution in [0.1, 0.15) is 30.0 Å². The summed E-state index contributed by atoms with van der Waals surface area (Å²) in [5, 5.41) is 3.72. The highest BCUT2D eigenvalue weighted by molar-refractivity contribution is 5.21. The summed E-state index contributed by atoms with van der Waals surface area (Å²) in [6, 6.07) is 15.5. The molecule has 19 heavy (non-hydrogen) atoms. The van der Waals surface area contributed by atoms with Crippen molar-refractivity contribution < 1.29 is 0 Å². The lowest BCUT2D eigenvalue weighted by Gasteiger charge is -2.18. The fourth-order valence-electron chi connectivity index (χ4n) is 2.56. The third-order valence-electron chi connectivity index (χ3n) is 3.75. The summed E-state index contributed by atoms with van der Waals surface area (Å²) < 4.78 is 0. The summed E-state index contributed by atoms with van der Waals surface area (Å²) in [5.41, 5.74) is 2.73. The predicted molar refractivity (Wildman–Crippen MR) is 77.9 cm³/mol. The highest BCUT2D eigenvalue weighted by Crippen LogP contribution is 2.40. The van der Waals surface area contributed by atoms with Crippen LogP contribution in [0.2, 0.25) is 0 Å². The van der Waals surface area contributed by atoms with E-state index >= 15 is 0 Å². The van der Waals surface area contributed by atoms with Crippen LogP contribution in [0.15, 0.2) is 54.9 Å². The van der Waals surface area contributed by atoms with Gasteiger partial charge in [-0.25, -0.2) is 0 Å². The number of aromatic nitrogens is 1. The van der Waals surface area contributed by atoms with E-state index in [0.717, 1.165) is 18.9 Å². The highest BCUT2D eigenvalue weighted by atomic mass is 14.9. The largest absolute Gasteiger partial charge is 0.309 e. The van der Waals surface area contributed by atoms with Gasteiger partial charge in [-0.15, -0.1) is 0 Å². The highest BCUT2D eigenvalue weighted by Gasteiger charge is 2.31. The first kappa shape index (κ1) is 12.4. The summed E-state index contributed by atoms with van der Waals surface area (Å²) in [6.45, 7) is 1.02. The normalized spacial score (nSPS) is 16.2. The van der Waals surface area contributed by atoms with E-state index < -0.39 is 0 Å². The SMILES string of the molecule is c1ccc(C(NCCc2cccnc2)C2CC2)cc1. The molecule has 1 aromatic carbocycles. The average molecular weight is 252 g/mol. The predicted octanol–water partition coefficient (Wildman–Crippen LogP) is 3.37. The molecule has 0 saturated heterocycles. The molecule has 1 N–H and O–H groups in total. The molecule has 1 fully saturated rings. The van der Waals surface area contributed by atoms with Crippen LogP contribution in [-0.2, 0) is 6.42 Å². The van der Waals surface area contributed by atoms with Crippen LogP contribution in [0.3, 0.4) is 0 Å². The summed E-state index contributed by atoms with van der Waals surface area (Å²) in [6.07, 6.45) is 7.55. The molecular weight excluding hydrogens is 232 g/mol. The first-order valence-corrected chi connectivity index (χ1v) is 7.11. The fraction of sp³-hybridized carbons (Fsp3) is 0.353. The van der Waals surface area contributed by atoms with Gasteiger partial charge in [0.25, 0.3) is 0 Å². The standard InChI is InChI=1S/C17H20N2/c1-2-6-15(7-3-1)17(16-8-9-16)19-12-10-14-5-4-11-18-13-14/h1-7,11,13,16-17,19H,8-10,12H2. The molecule has 1 aromatic heterocycles. The van der Waals surface area contributed by atoms with E-state index in [1.165, 1.54) is 24.0 Å². The fourth-order valence-corrected chi connectivity index (χ4v) is 2.56.